The highest BCUT2D eigenvalue weighted by Gasteiger charge is 2.10. The van der Waals surface area contributed by atoms with Crippen molar-refractivity contribution in [1.82, 2.24) is 0 Å². The van der Waals surface area contributed by atoms with E-state index in [1.807, 2.05) is 24.4 Å². The SMILES string of the molecule is Cc1ccc(NC(=O)CCC(=O)c2cccs2)cc1Cl. The molecule has 104 valence electrons. The molecular weight excluding hydrogens is 294 g/mol. The number of nitrogens with one attached hydrogen (secondary N) is 1. The third-order valence-electron chi connectivity index (χ3n) is 2.83. The number of hydrogen-bond donors (Lipinski definition) is 1. The summed E-state index contributed by atoms with van der Waals surface area (Å²) in [5, 5.41) is 5.20. The normalized spacial score (nSPS) is 10.3. The molecule has 1 amide bonds. The van der Waals surface area contributed by atoms with Gasteiger partial charge in [0.05, 0.1) is 4.88 Å². The fourth-order valence-corrected chi connectivity index (χ4v) is 2.56. The number of anilines is 1. The van der Waals surface area contributed by atoms with E-state index in [4.69, 9.17) is 11.6 Å². The lowest BCUT2D eigenvalue weighted by molar-refractivity contribution is -0.116. The van der Waals surface area contributed by atoms with Gasteiger partial charge in [-0.05, 0) is 36.1 Å². The van der Waals surface area contributed by atoms with Gasteiger partial charge in [0.1, 0.15) is 0 Å². The first-order valence-corrected chi connectivity index (χ1v) is 7.45. The van der Waals surface area contributed by atoms with Crippen LogP contribution in [0.5, 0.6) is 0 Å². The van der Waals surface area contributed by atoms with Gasteiger partial charge in [0.25, 0.3) is 0 Å². The zero-order valence-electron chi connectivity index (χ0n) is 11.0. The molecule has 0 fully saturated rings. The molecule has 0 aliphatic carbocycles. The Bertz CT molecular complexity index is 623. The lowest BCUT2D eigenvalue weighted by Gasteiger charge is -2.06. The molecule has 0 radical (unpaired) electrons. The average Bonchev–Trinajstić information content (AvgIpc) is 2.94. The second-order valence-electron chi connectivity index (χ2n) is 4.41. The van der Waals surface area contributed by atoms with Crippen LogP contribution in [0.3, 0.4) is 0 Å². The van der Waals surface area contributed by atoms with Crippen LogP contribution in [-0.4, -0.2) is 11.7 Å². The summed E-state index contributed by atoms with van der Waals surface area (Å²) in [6.45, 7) is 1.90. The topological polar surface area (TPSA) is 46.2 Å². The van der Waals surface area contributed by atoms with E-state index in [0.717, 1.165) is 5.56 Å². The molecule has 1 N–H and O–H groups in total. The molecule has 5 heteroatoms. The molecule has 0 atom stereocenters. The van der Waals surface area contributed by atoms with Gasteiger partial charge in [-0.3, -0.25) is 9.59 Å². The van der Waals surface area contributed by atoms with Crippen LogP contribution in [0.2, 0.25) is 5.02 Å². The summed E-state index contributed by atoms with van der Waals surface area (Å²) < 4.78 is 0. The van der Waals surface area contributed by atoms with Gasteiger partial charge in [-0.25, -0.2) is 0 Å². The molecule has 0 aliphatic heterocycles. The van der Waals surface area contributed by atoms with Crippen molar-refractivity contribution in [2.45, 2.75) is 19.8 Å². The standard InChI is InChI=1S/C15H14ClNO2S/c1-10-4-5-11(9-12(10)16)17-15(19)7-6-13(18)14-3-2-8-20-14/h2-5,8-9H,6-7H2,1H3,(H,17,19). The Labute approximate surface area is 126 Å². The number of aryl methyl sites for hydroxylation is 1. The van der Waals surface area contributed by atoms with E-state index in [2.05, 4.69) is 5.32 Å². The minimum absolute atomic E-state index is 0.00270. The van der Waals surface area contributed by atoms with Gasteiger partial charge in [0.2, 0.25) is 5.91 Å². The molecule has 1 aromatic heterocycles. The summed E-state index contributed by atoms with van der Waals surface area (Å²) in [6.07, 6.45) is 0.383. The molecule has 2 aromatic rings. The number of hydrogen-bond acceptors (Lipinski definition) is 3. The van der Waals surface area contributed by atoms with Crippen molar-refractivity contribution in [3.05, 3.63) is 51.2 Å². The molecule has 0 aliphatic rings. The van der Waals surface area contributed by atoms with Crippen molar-refractivity contribution >= 4 is 40.3 Å². The van der Waals surface area contributed by atoms with Crippen LogP contribution in [0.1, 0.15) is 28.1 Å². The minimum Gasteiger partial charge on any atom is -0.326 e. The largest absolute Gasteiger partial charge is 0.326 e. The van der Waals surface area contributed by atoms with E-state index in [1.165, 1.54) is 11.3 Å². The highest BCUT2D eigenvalue weighted by molar-refractivity contribution is 7.12. The van der Waals surface area contributed by atoms with Gasteiger partial charge in [0.15, 0.2) is 5.78 Å². The number of amides is 1. The van der Waals surface area contributed by atoms with E-state index >= 15 is 0 Å². The fraction of sp³-hybridized carbons (Fsp3) is 0.200. The molecule has 0 spiro atoms. The summed E-state index contributed by atoms with van der Waals surface area (Å²) in [5.74, 6) is -0.188. The quantitative estimate of drug-likeness (QED) is 0.837. The number of benzene rings is 1. The lowest BCUT2D eigenvalue weighted by Crippen LogP contribution is -2.13. The highest BCUT2D eigenvalue weighted by Crippen LogP contribution is 2.20. The average molecular weight is 308 g/mol. The maximum absolute atomic E-state index is 11.8. The van der Waals surface area contributed by atoms with Crippen LogP contribution in [0.4, 0.5) is 5.69 Å². The van der Waals surface area contributed by atoms with Crippen LogP contribution >= 0.6 is 22.9 Å². The van der Waals surface area contributed by atoms with Crippen molar-refractivity contribution in [3.8, 4) is 0 Å². The number of halogens is 1. The van der Waals surface area contributed by atoms with Crippen LogP contribution in [-0.2, 0) is 4.79 Å². The van der Waals surface area contributed by atoms with Gasteiger partial charge in [-0.15, -0.1) is 11.3 Å². The molecule has 1 aromatic carbocycles. The number of carbonyl (C=O) groups excluding carboxylic acids is 2. The zero-order chi connectivity index (χ0) is 14.5. The zero-order valence-corrected chi connectivity index (χ0v) is 12.6. The van der Waals surface area contributed by atoms with Crippen LogP contribution in [0, 0.1) is 6.92 Å². The fourth-order valence-electron chi connectivity index (χ4n) is 1.68. The van der Waals surface area contributed by atoms with E-state index in [0.29, 0.717) is 15.6 Å². The van der Waals surface area contributed by atoms with Crippen LogP contribution in [0.15, 0.2) is 35.7 Å². The van der Waals surface area contributed by atoms with Crippen LogP contribution < -0.4 is 5.32 Å². The van der Waals surface area contributed by atoms with Gasteiger partial charge >= 0.3 is 0 Å². The Morgan fingerprint density at radius 3 is 2.70 bits per heavy atom. The number of Topliss-reactive ketones (excluding diaryl/α,β-unsaturated/α-hetero) is 1. The summed E-state index contributed by atoms with van der Waals surface area (Å²) >= 11 is 7.38. The Morgan fingerprint density at radius 2 is 2.05 bits per heavy atom. The second-order valence-corrected chi connectivity index (χ2v) is 5.77. The minimum atomic E-state index is -0.185. The van der Waals surface area contributed by atoms with E-state index in [-0.39, 0.29) is 24.5 Å². The van der Waals surface area contributed by atoms with Crippen molar-refractivity contribution in [2.24, 2.45) is 0 Å². The predicted molar refractivity (Wildman–Crippen MR) is 82.7 cm³/mol. The molecule has 0 saturated carbocycles. The number of carbonyl (C=O) groups is 2. The number of rotatable bonds is 5. The molecule has 0 saturated heterocycles. The van der Waals surface area contributed by atoms with Crippen molar-refractivity contribution in [3.63, 3.8) is 0 Å². The second kappa shape index (κ2) is 6.68. The van der Waals surface area contributed by atoms with Crippen LogP contribution in [0.25, 0.3) is 0 Å². The van der Waals surface area contributed by atoms with Crippen molar-refractivity contribution in [1.29, 1.82) is 0 Å². The van der Waals surface area contributed by atoms with E-state index in [1.54, 1.807) is 18.2 Å². The Balaban J connectivity index is 1.86. The smallest absolute Gasteiger partial charge is 0.224 e. The monoisotopic (exact) mass is 307 g/mol. The Hall–Kier alpha value is -1.65. The Morgan fingerprint density at radius 1 is 1.25 bits per heavy atom. The molecule has 3 nitrogen and oxygen atoms in total. The molecule has 0 bridgehead atoms. The van der Waals surface area contributed by atoms with Crippen molar-refractivity contribution < 1.29 is 9.59 Å². The molecule has 2 rings (SSSR count). The summed E-state index contributed by atoms with van der Waals surface area (Å²) in [4.78, 5) is 24.2. The number of thiophene rings is 1. The van der Waals surface area contributed by atoms with Gasteiger partial charge in [0, 0.05) is 23.6 Å². The van der Waals surface area contributed by atoms with E-state index < -0.39 is 0 Å². The first-order chi connectivity index (χ1) is 9.56. The maximum Gasteiger partial charge on any atom is 0.224 e. The summed E-state index contributed by atoms with van der Waals surface area (Å²) in [5.41, 5.74) is 1.60. The maximum atomic E-state index is 11.8. The molecular formula is C15H14ClNO2S. The summed E-state index contributed by atoms with van der Waals surface area (Å²) in [7, 11) is 0. The summed E-state index contributed by atoms with van der Waals surface area (Å²) in [6, 6.07) is 8.93. The molecule has 0 unspecified atom stereocenters. The predicted octanol–water partition coefficient (Wildman–Crippen LogP) is 4.31. The number of ketones is 1. The first-order valence-electron chi connectivity index (χ1n) is 6.19. The van der Waals surface area contributed by atoms with Gasteiger partial charge < -0.3 is 5.32 Å². The van der Waals surface area contributed by atoms with E-state index in [9.17, 15) is 9.59 Å². The highest BCUT2D eigenvalue weighted by atomic mass is 35.5. The third kappa shape index (κ3) is 3.92. The van der Waals surface area contributed by atoms with Gasteiger partial charge in [-0.1, -0.05) is 23.7 Å². The first kappa shape index (κ1) is 14.8. The van der Waals surface area contributed by atoms with Crippen molar-refractivity contribution in [2.75, 3.05) is 5.32 Å². The Kier molecular flexibility index (Phi) is 4.93. The van der Waals surface area contributed by atoms with Gasteiger partial charge in [-0.2, -0.15) is 0 Å². The lowest BCUT2D eigenvalue weighted by atomic mass is 10.2. The molecule has 20 heavy (non-hydrogen) atoms. The third-order valence-corrected chi connectivity index (χ3v) is 4.15. The molecule has 1 heterocycles.